The fourth-order valence-electron chi connectivity index (χ4n) is 1.83. The molecule has 0 heterocycles. The van der Waals surface area contributed by atoms with Crippen molar-refractivity contribution in [3.8, 4) is 5.75 Å². The van der Waals surface area contributed by atoms with E-state index in [0.717, 1.165) is 16.6 Å². The van der Waals surface area contributed by atoms with Gasteiger partial charge in [0.25, 0.3) is 0 Å². The third kappa shape index (κ3) is 3.48. The van der Waals surface area contributed by atoms with E-state index in [2.05, 4.69) is 48.0 Å². The molecule has 102 valence electrons. The first-order valence-electron chi connectivity index (χ1n) is 6.39. The van der Waals surface area contributed by atoms with Crippen molar-refractivity contribution in [3.05, 3.63) is 40.9 Å². The van der Waals surface area contributed by atoms with Gasteiger partial charge in [0, 0.05) is 13.5 Å². The summed E-state index contributed by atoms with van der Waals surface area (Å²) in [5.41, 5.74) is -0.149. The Morgan fingerprint density at radius 1 is 1.11 bits per heavy atom. The number of ether oxygens (including phenoxy) is 2. The first kappa shape index (κ1) is 14.4. The molecule has 0 aliphatic rings. The second kappa shape index (κ2) is 5.93. The zero-order chi connectivity index (χ0) is 13.9. The molecule has 3 heteroatoms. The number of hydrogen-bond acceptors (Lipinski definition) is 2. The van der Waals surface area contributed by atoms with E-state index < -0.39 is 0 Å². The molecule has 0 amide bonds. The van der Waals surface area contributed by atoms with Gasteiger partial charge in [0.05, 0.1) is 16.7 Å². The second-order valence-corrected chi connectivity index (χ2v) is 5.95. The lowest BCUT2D eigenvalue weighted by Crippen LogP contribution is -2.25. The number of benzene rings is 2. The first-order valence-corrected chi connectivity index (χ1v) is 7.18. The summed E-state index contributed by atoms with van der Waals surface area (Å²) < 4.78 is 12.3. The molecule has 0 unspecified atom stereocenters. The maximum atomic E-state index is 5.86. The maximum Gasteiger partial charge on any atom is 0.134 e. The Morgan fingerprint density at radius 3 is 2.58 bits per heavy atom. The average Bonchev–Trinajstić information content (AvgIpc) is 2.42. The Balaban J connectivity index is 2.11. The van der Waals surface area contributed by atoms with Crippen molar-refractivity contribution in [3.63, 3.8) is 0 Å². The van der Waals surface area contributed by atoms with Crippen molar-refractivity contribution in [2.24, 2.45) is 0 Å². The van der Waals surface area contributed by atoms with Gasteiger partial charge in [-0.15, -0.1) is 0 Å². The third-order valence-electron chi connectivity index (χ3n) is 3.34. The van der Waals surface area contributed by atoms with E-state index in [4.69, 9.17) is 9.47 Å². The predicted octanol–water partition coefficient (Wildman–Crippen LogP) is 4.80. The highest BCUT2D eigenvalue weighted by Crippen LogP contribution is 2.33. The Hall–Kier alpha value is -1.06. The van der Waals surface area contributed by atoms with Gasteiger partial charge in [-0.3, -0.25) is 0 Å². The number of halogens is 1. The molecule has 0 spiro atoms. The summed E-state index contributed by atoms with van der Waals surface area (Å²) in [6.07, 6.45) is 0.850. The molecule has 0 saturated heterocycles. The summed E-state index contributed by atoms with van der Waals surface area (Å²) in [7, 11) is 1.73. The number of methoxy groups -OCH3 is 1. The Kier molecular flexibility index (Phi) is 4.48. The minimum absolute atomic E-state index is 0.149. The van der Waals surface area contributed by atoms with Crippen LogP contribution in [0.4, 0.5) is 0 Å². The van der Waals surface area contributed by atoms with Gasteiger partial charge in [0.15, 0.2) is 0 Å². The normalized spacial score (nSPS) is 11.8. The molecule has 0 fully saturated rings. The van der Waals surface area contributed by atoms with E-state index >= 15 is 0 Å². The van der Waals surface area contributed by atoms with Crippen molar-refractivity contribution in [1.82, 2.24) is 0 Å². The maximum absolute atomic E-state index is 5.86. The molecule has 0 radical (unpaired) electrons. The minimum atomic E-state index is -0.149. The van der Waals surface area contributed by atoms with Crippen molar-refractivity contribution in [2.75, 3.05) is 13.7 Å². The van der Waals surface area contributed by atoms with Crippen molar-refractivity contribution in [2.45, 2.75) is 25.9 Å². The lowest BCUT2D eigenvalue weighted by Gasteiger charge is -2.22. The second-order valence-electron chi connectivity index (χ2n) is 5.16. The van der Waals surface area contributed by atoms with E-state index in [1.54, 1.807) is 7.11 Å². The van der Waals surface area contributed by atoms with Gasteiger partial charge in [0.2, 0.25) is 0 Å². The standard InChI is InChI=1S/C16H19BrO2/c1-16(2,18-3)10-11-19-14-9-8-12-6-4-5-7-13(12)15(14)17/h4-9H,10-11H2,1-3H3. The molecule has 0 aromatic heterocycles. The van der Waals surface area contributed by atoms with Gasteiger partial charge in [-0.2, -0.15) is 0 Å². The molecule has 0 N–H and O–H groups in total. The molecule has 0 aliphatic carbocycles. The van der Waals surface area contributed by atoms with E-state index in [1.807, 2.05) is 18.2 Å². The summed E-state index contributed by atoms with van der Waals surface area (Å²) in [6.45, 7) is 4.76. The number of hydrogen-bond donors (Lipinski definition) is 0. The van der Waals surface area contributed by atoms with Gasteiger partial charge in [-0.05, 0) is 46.6 Å². The number of rotatable bonds is 5. The molecule has 19 heavy (non-hydrogen) atoms. The average molecular weight is 323 g/mol. The Labute approximate surface area is 122 Å². The lowest BCUT2D eigenvalue weighted by molar-refractivity contribution is 0.00541. The van der Waals surface area contributed by atoms with Crippen molar-refractivity contribution >= 4 is 26.7 Å². The van der Waals surface area contributed by atoms with Gasteiger partial charge >= 0.3 is 0 Å². The lowest BCUT2D eigenvalue weighted by atomic mass is 10.1. The van der Waals surface area contributed by atoms with Crippen LogP contribution in [0, 0.1) is 0 Å². The molecular formula is C16H19BrO2. The molecular weight excluding hydrogens is 304 g/mol. The zero-order valence-corrected chi connectivity index (χ0v) is 13.2. The fraction of sp³-hybridized carbons (Fsp3) is 0.375. The molecule has 2 aromatic rings. The number of fused-ring (bicyclic) bond motifs is 1. The van der Waals surface area contributed by atoms with Gasteiger partial charge in [-0.1, -0.05) is 30.3 Å². The van der Waals surface area contributed by atoms with Crippen LogP contribution in [0.25, 0.3) is 10.8 Å². The van der Waals surface area contributed by atoms with Crippen molar-refractivity contribution < 1.29 is 9.47 Å². The summed E-state index contributed by atoms with van der Waals surface area (Å²) in [6, 6.07) is 12.3. The van der Waals surface area contributed by atoms with E-state index in [-0.39, 0.29) is 5.60 Å². The summed E-state index contributed by atoms with van der Waals surface area (Å²) in [4.78, 5) is 0. The molecule has 0 saturated carbocycles. The molecule has 2 rings (SSSR count). The van der Waals surface area contributed by atoms with Crippen LogP contribution in [0.15, 0.2) is 40.9 Å². The van der Waals surface area contributed by atoms with E-state index in [0.29, 0.717) is 6.61 Å². The summed E-state index contributed by atoms with van der Waals surface area (Å²) in [5, 5.41) is 2.38. The molecule has 2 nitrogen and oxygen atoms in total. The van der Waals surface area contributed by atoms with Crippen LogP contribution >= 0.6 is 15.9 Å². The summed E-state index contributed by atoms with van der Waals surface area (Å²) in [5.74, 6) is 0.880. The Morgan fingerprint density at radius 2 is 1.84 bits per heavy atom. The van der Waals surface area contributed by atoms with Gasteiger partial charge in [-0.25, -0.2) is 0 Å². The van der Waals surface area contributed by atoms with Crippen LogP contribution < -0.4 is 4.74 Å². The molecule has 0 aliphatic heterocycles. The van der Waals surface area contributed by atoms with Crippen LogP contribution in [0.1, 0.15) is 20.3 Å². The topological polar surface area (TPSA) is 18.5 Å². The Bertz CT molecular complexity index is 564. The molecule has 0 atom stereocenters. The van der Waals surface area contributed by atoms with Crippen LogP contribution in [0.2, 0.25) is 0 Å². The summed E-state index contributed by atoms with van der Waals surface area (Å²) >= 11 is 3.62. The minimum Gasteiger partial charge on any atom is -0.492 e. The van der Waals surface area contributed by atoms with Crippen molar-refractivity contribution in [1.29, 1.82) is 0 Å². The van der Waals surface area contributed by atoms with Crippen LogP contribution in [0.3, 0.4) is 0 Å². The van der Waals surface area contributed by atoms with E-state index in [9.17, 15) is 0 Å². The highest BCUT2D eigenvalue weighted by molar-refractivity contribution is 9.10. The zero-order valence-electron chi connectivity index (χ0n) is 11.6. The highest BCUT2D eigenvalue weighted by Gasteiger charge is 2.16. The van der Waals surface area contributed by atoms with Crippen LogP contribution in [0.5, 0.6) is 5.75 Å². The van der Waals surface area contributed by atoms with Gasteiger partial charge in [0.1, 0.15) is 5.75 Å². The molecule has 2 aromatic carbocycles. The highest BCUT2D eigenvalue weighted by atomic mass is 79.9. The predicted molar refractivity (Wildman–Crippen MR) is 82.8 cm³/mol. The fourth-order valence-corrected chi connectivity index (χ4v) is 2.44. The smallest absolute Gasteiger partial charge is 0.134 e. The van der Waals surface area contributed by atoms with Crippen LogP contribution in [-0.4, -0.2) is 19.3 Å². The first-order chi connectivity index (χ1) is 9.03. The largest absolute Gasteiger partial charge is 0.492 e. The molecule has 0 bridgehead atoms. The quantitative estimate of drug-likeness (QED) is 0.787. The SMILES string of the molecule is COC(C)(C)CCOc1ccc2ccccc2c1Br. The van der Waals surface area contributed by atoms with Gasteiger partial charge < -0.3 is 9.47 Å². The third-order valence-corrected chi connectivity index (χ3v) is 4.16. The van der Waals surface area contributed by atoms with E-state index in [1.165, 1.54) is 10.8 Å². The monoisotopic (exact) mass is 322 g/mol. The van der Waals surface area contributed by atoms with Crippen LogP contribution in [-0.2, 0) is 4.74 Å².